The van der Waals surface area contributed by atoms with E-state index in [2.05, 4.69) is 6.58 Å². The van der Waals surface area contributed by atoms with Crippen molar-refractivity contribution in [3.63, 3.8) is 0 Å². The fraction of sp³-hybridized carbons (Fsp3) is 0.357. The highest BCUT2D eigenvalue weighted by Crippen LogP contribution is 2.36. The molecule has 0 amide bonds. The van der Waals surface area contributed by atoms with Crippen LogP contribution in [0, 0.1) is 11.6 Å². The Hall–Kier alpha value is -1.91. The van der Waals surface area contributed by atoms with Crippen molar-refractivity contribution in [2.45, 2.75) is 25.7 Å². The van der Waals surface area contributed by atoms with Crippen molar-refractivity contribution in [3.05, 3.63) is 42.0 Å². The van der Waals surface area contributed by atoms with Crippen LogP contribution in [0.3, 0.4) is 0 Å². The van der Waals surface area contributed by atoms with Crippen molar-refractivity contribution in [1.82, 2.24) is 0 Å². The minimum Gasteiger partial charge on any atom is -0.465 e. The first-order valence-corrected chi connectivity index (χ1v) is 5.90. The summed E-state index contributed by atoms with van der Waals surface area (Å²) in [6.45, 7) is 6.77. The Morgan fingerprint density at radius 2 is 2.16 bits per heavy atom. The molecule has 2 N–H and O–H groups in total. The molecule has 3 nitrogen and oxygen atoms in total. The zero-order valence-corrected chi connectivity index (χ0v) is 11.0. The number of carbonyl (C=O) groups excluding carboxylic acids is 1. The summed E-state index contributed by atoms with van der Waals surface area (Å²) < 4.78 is 32.3. The van der Waals surface area contributed by atoms with Crippen molar-refractivity contribution in [1.29, 1.82) is 0 Å². The van der Waals surface area contributed by atoms with Gasteiger partial charge in [-0.2, -0.15) is 0 Å². The molecule has 0 radical (unpaired) electrons. The first-order chi connectivity index (χ1) is 8.88. The van der Waals surface area contributed by atoms with Gasteiger partial charge in [-0.05, 0) is 32.4 Å². The maximum atomic E-state index is 14.0. The molecule has 0 bridgehead atoms. The third-order valence-electron chi connectivity index (χ3n) is 2.96. The van der Waals surface area contributed by atoms with Gasteiger partial charge in [-0.1, -0.05) is 6.08 Å². The Labute approximate surface area is 111 Å². The third kappa shape index (κ3) is 2.75. The summed E-state index contributed by atoms with van der Waals surface area (Å²) in [5.74, 6) is -2.84. The molecular weight excluding hydrogens is 252 g/mol. The Morgan fingerprint density at radius 1 is 1.53 bits per heavy atom. The van der Waals surface area contributed by atoms with Gasteiger partial charge in [0.1, 0.15) is 0 Å². The molecule has 0 saturated carbocycles. The van der Waals surface area contributed by atoms with Crippen LogP contribution in [-0.2, 0) is 14.9 Å². The van der Waals surface area contributed by atoms with E-state index in [4.69, 9.17) is 10.5 Å². The van der Waals surface area contributed by atoms with Crippen LogP contribution in [0.15, 0.2) is 24.8 Å². The maximum Gasteiger partial charge on any atom is 0.316 e. The molecule has 1 unspecified atom stereocenters. The summed E-state index contributed by atoms with van der Waals surface area (Å²) in [5, 5.41) is 0. The monoisotopic (exact) mass is 269 g/mol. The van der Waals surface area contributed by atoms with E-state index in [1.165, 1.54) is 19.1 Å². The largest absolute Gasteiger partial charge is 0.465 e. The molecule has 1 rings (SSSR count). The van der Waals surface area contributed by atoms with E-state index < -0.39 is 23.0 Å². The molecule has 0 aliphatic carbocycles. The number of nitrogens with two attached hydrogens (primary N) is 1. The highest BCUT2D eigenvalue weighted by atomic mass is 19.2. The minimum absolute atomic E-state index is 0.0105. The number of anilines is 1. The first kappa shape index (κ1) is 15.1. The second kappa shape index (κ2) is 5.82. The average Bonchev–Trinajstić information content (AvgIpc) is 2.35. The van der Waals surface area contributed by atoms with Gasteiger partial charge in [-0.15, -0.1) is 6.58 Å². The number of carbonyl (C=O) groups is 1. The molecule has 0 fully saturated rings. The van der Waals surface area contributed by atoms with Crippen molar-refractivity contribution in [3.8, 4) is 0 Å². The lowest BCUT2D eigenvalue weighted by Gasteiger charge is -2.28. The number of hydrogen-bond donors (Lipinski definition) is 1. The highest BCUT2D eigenvalue weighted by molar-refractivity contribution is 5.85. The van der Waals surface area contributed by atoms with Gasteiger partial charge in [0, 0.05) is 11.3 Å². The highest BCUT2D eigenvalue weighted by Gasteiger charge is 2.40. The molecule has 1 aromatic carbocycles. The van der Waals surface area contributed by atoms with E-state index in [-0.39, 0.29) is 24.3 Å². The summed E-state index contributed by atoms with van der Waals surface area (Å²) in [4.78, 5) is 12.1. The lowest BCUT2D eigenvalue weighted by molar-refractivity contribution is -0.149. The van der Waals surface area contributed by atoms with Gasteiger partial charge in [-0.3, -0.25) is 4.79 Å². The Morgan fingerprint density at radius 3 is 2.68 bits per heavy atom. The van der Waals surface area contributed by atoms with E-state index in [1.807, 2.05) is 0 Å². The molecule has 19 heavy (non-hydrogen) atoms. The summed E-state index contributed by atoms with van der Waals surface area (Å²) in [7, 11) is 0. The molecule has 0 heterocycles. The van der Waals surface area contributed by atoms with E-state index in [9.17, 15) is 13.6 Å². The predicted molar refractivity (Wildman–Crippen MR) is 69.6 cm³/mol. The van der Waals surface area contributed by atoms with Gasteiger partial charge in [0.15, 0.2) is 11.6 Å². The van der Waals surface area contributed by atoms with Gasteiger partial charge in [0.05, 0.1) is 12.0 Å². The fourth-order valence-corrected chi connectivity index (χ4v) is 1.99. The lowest BCUT2D eigenvalue weighted by atomic mass is 9.78. The molecule has 1 aromatic rings. The molecular formula is C14H17F2NO2. The Balaban J connectivity index is 3.46. The number of hydrogen-bond acceptors (Lipinski definition) is 3. The maximum absolute atomic E-state index is 14.0. The van der Waals surface area contributed by atoms with Crippen LogP contribution in [0.4, 0.5) is 14.5 Å². The minimum atomic E-state index is -1.39. The van der Waals surface area contributed by atoms with Crippen LogP contribution >= 0.6 is 0 Å². The fourth-order valence-electron chi connectivity index (χ4n) is 1.99. The van der Waals surface area contributed by atoms with Crippen LogP contribution in [0.1, 0.15) is 25.8 Å². The average molecular weight is 269 g/mol. The van der Waals surface area contributed by atoms with Gasteiger partial charge in [0.2, 0.25) is 0 Å². The van der Waals surface area contributed by atoms with Crippen LogP contribution in [0.2, 0.25) is 0 Å². The van der Waals surface area contributed by atoms with Crippen LogP contribution in [0.5, 0.6) is 0 Å². The summed E-state index contributed by atoms with van der Waals surface area (Å²) in [5.41, 5.74) is 4.12. The number of halogens is 2. The topological polar surface area (TPSA) is 52.3 Å². The predicted octanol–water partition coefficient (Wildman–Crippen LogP) is 2.94. The summed E-state index contributed by atoms with van der Waals surface area (Å²) in [6, 6.07) is 2.15. The molecule has 0 aromatic heterocycles. The summed E-state index contributed by atoms with van der Waals surface area (Å²) in [6.07, 6.45) is 1.54. The number of ether oxygens (including phenoxy) is 1. The lowest BCUT2D eigenvalue weighted by Crippen LogP contribution is -2.36. The van der Waals surface area contributed by atoms with Gasteiger partial charge >= 0.3 is 5.97 Å². The van der Waals surface area contributed by atoms with Crippen LogP contribution in [0.25, 0.3) is 0 Å². The second-order valence-electron chi connectivity index (χ2n) is 4.37. The van der Waals surface area contributed by atoms with Crippen molar-refractivity contribution < 1.29 is 18.3 Å². The summed E-state index contributed by atoms with van der Waals surface area (Å²) >= 11 is 0. The van der Waals surface area contributed by atoms with Gasteiger partial charge in [-0.25, -0.2) is 8.78 Å². The number of benzene rings is 1. The molecule has 0 aliphatic rings. The molecule has 1 atom stereocenters. The number of nitrogen functional groups attached to an aromatic ring is 1. The molecule has 0 aliphatic heterocycles. The van der Waals surface area contributed by atoms with E-state index >= 15 is 0 Å². The SMILES string of the molecule is C=CCC(C)(C(=O)OCC)c1c(N)ccc(F)c1F. The molecule has 5 heteroatoms. The van der Waals surface area contributed by atoms with E-state index in [0.29, 0.717) is 0 Å². The second-order valence-corrected chi connectivity index (χ2v) is 4.37. The molecule has 0 saturated heterocycles. The standard InChI is InChI=1S/C14H17F2NO2/c1-4-8-14(3,13(18)19-5-2)11-10(17)7-6-9(15)12(11)16/h4,6-7H,1,5,8,17H2,2-3H3. The zero-order valence-electron chi connectivity index (χ0n) is 11.0. The molecule has 104 valence electrons. The van der Waals surface area contributed by atoms with Crippen LogP contribution in [-0.4, -0.2) is 12.6 Å². The number of rotatable bonds is 5. The van der Waals surface area contributed by atoms with Crippen molar-refractivity contribution in [2.75, 3.05) is 12.3 Å². The van der Waals surface area contributed by atoms with E-state index in [0.717, 1.165) is 6.07 Å². The van der Waals surface area contributed by atoms with Crippen molar-refractivity contribution >= 4 is 11.7 Å². The number of esters is 1. The van der Waals surface area contributed by atoms with Crippen LogP contribution < -0.4 is 5.73 Å². The Bertz CT molecular complexity index is 502. The molecule has 0 spiro atoms. The van der Waals surface area contributed by atoms with E-state index in [1.54, 1.807) is 6.92 Å². The van der Waals surface area contributed by atoms with Gasteiger partial charge < -0.3 is 10.5 Å². The Kier molecular flexibility index (Phi) is 4.64. The third-order valence-corrected chi connectivity index (χ3v) is 2.96. The first-order valence-electron chi connectivity index (χ1n) is 5.90. The van der Waals surface area contributed by atoms with Gasteiger partial charge in [0.25, 0.3) is 0 Å². The van der Waals surface area contributed by atoms with Crippen molar-refractivity contribution in [2.24, 2.45) is 0 Å². The quantitative estimate of drug-likeness (QED) is 0.508. The normalized spacial score (nSPS) is 13.7. The zero-order chi connectivity index (χ0) is 14.6. The smallest absolute Gasteiger partial charge is 0.316 e. The number of allylic oxidation sites excluding steroid dienone is 1.